The molecule has 6 nitrogen and oxygen atoms in total. The van der Waals surface area contributed by atoms with Crippen molar-refractivity contribution in [3.8, 4) is 11.8 Å². The summed E-state index contributed by atoms with van der Waals surface area (Å²) in [5, 5.41) is 8.79. The highest BCUT2D eigenvalue weighted by atomic mass is 16.5. The second-order valence-electron chi connectivity index (χ2n) is 8.91. The first-order valence-electron chi connectivity index (χ1n) is 12.2. The summed E-state index contributed by atoms with van der Waals surface area (Å²) in [5.74, 6) is 0.984. The molecule has 2 aliphatic heterocycles. The van der Waals surface area contributed by atoms with E-state index in [1.807, 2.05) is 29.2 Å². The molecule has 0 radical (unpaired) electrons. The van der Waals surface area contributed by atoms with E-state index in [0.29, 0.717) is 25.1 Å². The number of hydrogen-bond donors (Lipinski definition) is 0. The Labute approximate surface area is 197 Å². The molecule has 2 aromatic carbocycles. The summed E-state index contributed by atoms with van der Waals surface area (Å²) in [5.41, 5.74) is 2.80. The molecule has 0 spiro atoms. The molecule has 0 N–H and O–H groups in total. The maximum atomic E-state index is 12.8. The quantitative estimate of drug-likeness (QED) is 0.574. The third kappa shape index (κ3) is 6.49. The smallest absolute Gasteiger partial charge is 0.253 e. The number of rotatable bonds is 8. The fourth-order valence-electron chi connectivity index (χ4n) is 4.62. The normalized spacial score (nSPS) is 16.9. The Morgan fingerprint density at radius 1 is 0.879 bits per heavy atom. The van der Waals surface area contributed by atoms with Crippen molar-refractivity contribution in [2.24, 2.45) is 0 Å². The number of piperidine rings is 1. The zero-order valence-corrected chi connectivity index (χ0v) is 19.4. The van der Waals surface area contributed by atoms with Gasteiger partial charge >= 0.3 is 0 Å². The number of nitrogens with zero attached hydrogens (tertiary/aromatic N) is 4. The SMILES string of the molecule is N#CCc1ccc(C(=O)N2CCN(c3ccc(OCCCN4CCCCC4)cc3)CC2)cc1. The van der Waals surface area contributed by atoms with Gasteiger partial charge in [0, 0.05) is 44.0 Å². The number of benzene rings is 2. The summed E-state index contributed by atoms with van der Waals surface area (Å²) >= 11 is 0. The molecule has 0 aliphatic carbocycles. The lowest BCUT2D eigenvalue weighted by Crippen LogP contribution is -2.48. The van der Waals surface area contributed by atoms with Crippen LogP contribution < -0.4 is 9.64 Å². The van der Waals surface area contributed by atoms with Crippen molar-refractivity contribution in [3.63, 3.8) is 0 Å². The van der Waals surface area contributed by atoms with E-state index in [1.54, 1.807) is 0 Å². The van der Waals surface area contributed by atoms with Crippen molar-refractivity contribution < 1.29 is 9.53 Å². The zero-order valence-electron chi connectivity index (χ0n) is 19.4. The first-order valence-corrected chi connectivity index (χ1v) is 12.2. The van der Waals surface area contributed by atoms with Crippen molar-refractivity contribution in [1.29, 1.82) is 5.26 Å². The van der Waals surface area contributed by atoms with E-state index in [4.69, 9.17) is 10.00 Å². The topological polar surface area (TPSA) is 59.8 Å². The van der Waals surface area contributed by atoms with E-state index >= 15 is 0 Å². The molecule has 2 fully saturated rings. The second kappa shape index (κ2) is 11.7. The Balaban J connectivity index is 1.20. The highest BCUT2D eigenvalue weighted by Crippen LogP contribution is 2.22. The lowest BCUT2D eigenvalue weighted by molar-refractivity contribution is 0.0747. The zero-order chi connectivity index (χ0) is 22.9. The number of hydrogen-bond acceptors (Lipinski definition) is 5. The van der Waals surface area contributed by atoms with Crippen LogP contribution in [0.3, 0.4) is 0 Å². The van der Waals surface area contributed by atoms with Gasteiger partial charge in [0.1, 0.15) is 5.75 Å². The largest absolute Gasteiger partial charge is 0.494 e. The van der Waals surface area contributed by atoms with Crippen molar-refractivity contribution in [2.45, 2.75) is 32.1 Å². The molecule has 33 heavy (non-hydrogen) atoms. The van der Waals surface area contributed by atoms with E-state index in [2.05, 4.69) is 40.1 Å². The number of ether oxygens (including phenoxy) is 1. The van der Waals surface area contributed by atoms with Crippen molar-refractivity contribution >= 4 is 11.6 Å². The predicted octanol–water partition coefficient (Wildman–Crippen LogP) is 3.97. The van der Waals surface area contributed by atoms with Crippen molar-refractivity contribution in [3.05, 3.63) is 59.7 Å². The first kappa shape index (κ1) is 23.1. The number of likely N-dealkylation sites (tertiary alicyclic amines) is 1. The Kier molecular flexibility index (Phi) is 8.21. The van der Waals surface area contributed by atoms with Gasteiger partial charge in [-0.2, -0.15) is 5.26 Å². The Morgan fingerprint density at radius 2 is 1.58 bits per heavy atom. The minimum atomic E-state index is 0.0615. The van der Waals surface area contributed by atoms with Crippen LogP contribution in [0.15, 0.2) is 48.5 Å². The molecule has 0 unspecified atom stereocenters. The van der Waals surface area contributed by atoms with Crippen LogP contribution in [0, 0.1) is 11.3 Å². The minimum absolute atomic E-state index is 0.0615. The van der Waals surface area contributed by atoms with Gasteiger partial charge in [-0.1, -0.05) is 18.6 Å². The molecule has 0 atom stereocenters. The van der Waals surface area contributed by atoms with E-state index in [-0.39, 0.29) is 5.91 Å². The first-order chi connectivity index (χ1) is 16.2. The summed E-state index contributed by atoms with van der Waals surface area (Å²) < 4.78 is 5.94. The predicted molar refractivity (Wildman–Crippen MR) is 131 cm³/mol. The Bertz CT molecular complexity index is 922. The van der Waals surface area contributed by atoms with Crippen LogP contribution in [0.4, 0.5) is 5.69 Å². The average Bonchev–Trinajstić information content (AvgIpc) is 2.88. The van der Waals surface area contributed by atoms with Gasteiger partial charge in [0.2, 0.25) is 0 Å². The van der Waals surface area contributed by atoms with E-state index in [1.165, 1.54) is 38.0 Å². The maximum absolute atomic E-state index is 12.8. The van der Waals surface area contributed by atoms with Crippen LogP contribution in [0.1, 0.15) is 41.6 Å². The van der Waals surface area contributed by atoms with Crippen molar-refractivity contribution in [2.75, 3.05) is 57.3 Å². The number of amides is 1. The molecule has 2 aromatic rings. The Hall–Kier alpha value is -3.04. The lowest BCUT2D eigenvalue weighted by atomic mass is 10.1. The maximum Gasteiger partial charge on any atom is 0.253 e. The van der Waals surface area contributed by atoms with Crippen LogP contribution in [-0.4, -0.2) is 68.1 Å². The molecule has 4 rings (SSSR count). The molecule has 6 heteroatoms. The van der Waals surface area contributed by atoms with Crippen LogP contribution in [-0.2, 0) is 6.42 Å². The number of carbonyl (C=O) groups excluding carboxylic acids is 1. The lowest BCUT2D eigenvalue weighted by Gasteiger charge is -2.36. The molecule has 0 bridgehead atoms. The molecule has 2 saturated heterocycles. The van der Waals surface area contributed by atoms with Gasteiger partial charge in [-0.25, -0.2) is 0 Å². The number of nitriles is 1. The third-order valence-corrected chi connectivity index (χ3v) is 6.59. The van der Waals surface area contributed by atoms with Gasteiger partial charge in [0.05, 0.1) is 19.1 Å². The fourth-order valence-corrected chi connectivity index (χ4v) is 4.62. The summed E-state index contributed by atoms with van der Waals surface area (Å²) in [7, 11) is 0. The van der Waals surface area contributed by atoms with E-state index in [9.17, 15) is 4.79 Å². The molecular weight excluding hydrogens is 412 g/mol. The number of carbonyl (C=O) groups is 1. The molecule has 2 heterocycles. The third-order valence-electron chi connectivity index (χ3n) is 6.59. The van der Waals surface area contributed by atoms with Gasteiger partial charge in [-0.15, -0.1) is 0 Å². The Morgan fingerprint density at radius 3 is 2.24 bits per heavy atom. The molecule has 2 aliphatic rings. The van der Waals surface area contributed by atoms with Gasteiger partial charge in [-0.3, -0.25) is 4.79 Å². The van der Waals surface area contributed by atoms with E-state index < -0.39 is 0 Å². The average molecular weight is 447 g/mol. The monoisotopic (exact) mass is 446 g/mol. The number of piperazine rings is 1. The van der Waals surface area contributed by atoms with Gasteiger partial charge in [0.25, 0.3) is 5.91 Å². The van der Waals surface area contributed by atoms with Crippen LogP contribution in [0.5, 0.6) is 5.75 Å². The van der Waals surface area contributed by atoms with Crippen LogP contribution >= 0.6 is 0 Å². The standard InChI is InChI=1S/C27H34N4O2/c28-14-13-23-5-7-24(8-6-23)27(32)31-20-18-30(19-21-31)25-9-11-26(12-10-25)33-22-4-17-29-15-2-1-3-16-29/h5-12H,1-4,13,15-22H2. The summed E-state index contributed by atoms with van der Waals surface area (Å²) in [4.78, 5) is 19.6. The van der Waals surface area contributed by atoms with E-state index in [0.717, 1.165) is 44.0 Å². The minimum Gasteiger partial charge on any atom is -0.494 e. The molecule has 0 aromatic heterocycles. The second-order valence-corrected chi connectivity index (χ2v) is 8.91. The highest BCUT2D eigenvalue weighted by molar-refractivity contribution is 5.94. The van der Waals surface area contributed by atoms with Gasteiger partial charge in [0.15, 0.2) is 0 Å². The fraction of sp³-hybridized carbons (Fsp3) is 0.481. The highest BCUT2D eigenvalue weighted by Gasteiger charge is 2.22. The summed E-state index contributed by atoms with van der Waals surface area (Å²) in [6, 6.07) is 17.9. The van der Waals surface area contributed by atoms with Gasteiger partial charge in [-0.05, 0) is 74.3 Å². The molecule has 174 valence electrons. The van der Waals surface area contributed by atoms with Gasteiger partial charge < -0.3 is 19.4 Å². The molecule has 0 saturated carbocycles. The summed E-state index contributed by atoms with van der Waals surface area (Å²) in [6.07, 6.45) is 5.49. The number of anilines is 1. The van der Waals surface area contributed by atoms with Crippen molar-refractivity contribution in [1.82, 2.24) is 9.80 Å². The van der Waals surface area contributed by atoms with Crippen LogP contribution in [0.2, 0.25) is 0 Å². The van der Waals surface area contributed by atoms with Crippen LogP contribution in [0.25, 0.3) is 0 Å². The summed E-state index contributed by atoms with van der Waals surface area (Å²) in [6.45, 7) is 7.40. The molecule has 1 amide bonds. The molecular formula is C27H34N4O2.